The van der Waals surface area contributed by atoms with E-state index in [9.17, 15) is 0 Å². The standard InChI is InChI=1S/C22H46O3/c1-3-4-5-6-7-8-9-10-11-12-13-14-15-16-17-18-19-25-22(20-23)21-24-2/h22-23H,3-21H2,1-2H3. The average Bonchev–Trinajstić information content (AvgIpc) is 2.63. The maximum absolute atomic E-state index is 9.09. The summed E-state index contributed by atoms with van der Waals surface area (Å²) < 4.78 is 10.6. The minimum Gasteiger partial charge on any atom is -0.394 e. The van der Waals surface area contributed by atoms with E-state index in [1.807, 2.05) is 0 Å². The molecule has 0 saturated carbocycles. The number of methoxy groups -OCH3 is 1. The van der Waals surface area contributed by atoms with Gasteiger partial charge in [-0.2, -0.15) is 0 Å². The van der Waals surface area contributed by atoms with Crippen LogP contribution in [0, 0.1) is 0 Å². The molecule has 0 aromatic rings. The van der Waals surface area contributed by atoms with Crippen LogP contribution in [0.3, 0.4) is 0 Å². The molecule has 152 valence electrons. The first kappa shape index (κ1) is 24.9. The maximum atomic E-state index is 9.09. The van der Waals surface area contributed by atoms with Gasteiger partial charge in [0.1, 0.15) is 6.10 Å². The Morgan fingerprint density at radius 2 is 1.04 bits per heavy atom. The summed E-state index contributed by atoms with van der Waals surface area (Å²) in [6, 6.07) is 0. The van der Waals surface area contributed by atoms with Crippen molar-refractivity contribution >= 4 is 0 Å². The summed E-state index contributed by atoms with van der Waals surface area (Å²) in [5.41, 5.74) is 0. The predicted octanol–water partition coefficient (Wildman–Crippen LogP) is 6.27. The van der Waals surface area contributed by atoms with Crippen molar-refractivity contribution < 1.29 is 14.6 Å². The fraction of sp³-hybridized carbons (Fsp3) is 1.00. The molecule has 0 aromatic carbocycles. The second-order valence-electron chi connectivity index (χ2n) is 7.43. The average molecular weight is 359 g/mol. The highest BCUT2D eigenvalue weighted by molar-refractivity contribution is 4.54. The van der Waals surface area contributed by atoms with E-state index in [4.69, 9.17) is 14.6 Å². The van der Waals surface area contributed by atoms with Gasteiger partial charge < -0.3 is 14.6 Å². The SMILES string of the molecule is CCCCCCCCCCCCCCCCCCOC(CO)COC. The molecule has 0 saturated heterocycles. The summed E-state index contributed by atoms with van der Waals surface area (Å²) in [6.45, 7) is 3.56. The van der Waals surface area contributed by atoms with Crippen LogP contribution in [0.4, 0.5) is 0 Å². The van der Waals surface area contributed by atoms with E-state index in [-0.39, 0.29) is 12.7 Å². The molecule has 0 spiro atoms. The molecular formula is C22H46O3. The highest BCUT2D eigenvalue weighted by Crippen LogP contribution is 2.13. The van der Waals surface area contributed by atoms with Crippen LogP contribution in [0.25, 0.3) is 0 Å². The van der Waals surface area contributed by atoms with Gasteiger partial charge in [-0.05, 0) is 6.42 Å². The molecule has 25 heavy (non-hydrogen) atoms. The number of unbranched alkanes of at least 4 members (excludes halogenated alkanes) is 15. The second-order valence-corrected chi connectivity index (χ2v) is 7.43. The van der Waals surface area contributed by atoms with Crippen LogP contribution >= 0.6 is 0 Å². The molecule has 1 unspecified atom stereocenters. The molecule has 3 nitrogen and oxygen atoms in total. The Bertz CT molecular complexity index is 233. The highest BCUT2D eigenvalue weighted by Gasteiger charge is 2.05. The summed E-state index contributed by atoms with van der Waals surface area (Å²) in [5.74, 6) is 0. The van der Waals surface area contributed by atoms with Gasteiger partial charge in [-0.3, -0.25) is 0 Å². The van der Waals surface area contributed by atoms with E-state index in [0.717, 1.165) is 13.0 Å². The van der Waals surface area contributed by atoms with Gasteiger partial charge in [-0.15, -0.1) is 0 Å². The molecule has 0 radical (unpaired) electrons. The minimum absolute atomic E-state index is 0.0483. The third-order valence-corrected chi connectivity index (χ3v) is 4.91. The molecule has 0 amide bonds. The van der Waals surface area contributed by atoms with Gasteiger partial charge >= 0.3 is 0 Å². The van der Waals surface area contributed by atoms with E-state index < -0.39 is 0 Å². The van der Waals surface area contributed by atoms with Crippen LogP contribution in [0.1, 0.15) is 110 Å². The molecule has 0 aliphatic heterocycles. The summed E-state index contributed by atoms with van der Waals surface area (Å²) in [7, 11) is 1.64. The normalized spacial score (nSPS) is 12.6. The lowest BCUT2D eigenvalue weighted by atomic mass is 10.0. The Balaban J connectivity index is 3.07. The van der Waals surface area contributed by atoms with Crippen molar-refractivity contribution in [2.45, 2.75) is 116 Å². The number of aliphatic hydroxyl groups is 1. The van der Waals surface area contributed by atoms with Crippen molar-refractivity contribution in [2.24, 2.45) is 0 Å². The smallest absolute Gasteiger partial charge is 0.104 e. The Morgan fingerprint density at radius 1 is 0.640 bits per heavy atom. The van der Waals surface area contributed by atoms with E-state index in [2.05, 4.69) is 6.92 Å². The van der Waals surface area contributed by atoms with Crippen molar-refractivity contribution in [3.05, 3.63) is 0 Å². The Hall–Kier alpha value is -0.120. The number of hydrogen-bond donors (Lipinski definition) is 1. The van der Waals surface area contributed by atoms with Crippen LogP contribution in [-0.2, 0) is 9.47 Å². The van der Waals surface area contributed by atoms with Crippen LogP contribution in [0.2, 0.25) is 0 Å². The van der Waals surface area contributed by atoms with Crippen LogP contribution in [0.15, 0.2) is 0 Å². The van der Waals surface area contributed by atoms with Gasteiger partial charge in [0, 0.05) is 13.7 Å². The Morgan fingerprint density at radius 3 is 1.40 bits per heavy atom. The highest BCUT2D eigenvalue weighted by atomic mass is 16.5. The van der Waals surface area contributed by atoms with Crippen LogP contribution in [0.5, 0.6) is 0 Å². The number of ether oxygens (including phenoxy) is 2. The van der Waals surface area contributed by atoms with Crippen molar-refractivity contribution in [2.75, 3.05) is 26.9 Å². The first-order chi connectivity index (χ1) is 12.3. The largest absolute Gasteiger partial charge is 0.394 e. The Kier molecular flexibility index (Phi) is 21.8. The van der Waals surface area contributed by atoms with E-state index in [1.54, 1.807) is 7.11 Å². The lowest BCUT2D eigenvalue weighted by Crippen LogP contribution is -2.23. The summed E-state index contributed by atoms with van der Waals surface area (Å²) in [5, 5.41) is 9.09. The molecule has 1 atom stereocenters. The monoisotopic (exact) mass is 358 g/mol. The molecule has 0 aromatic heterocycles. The van der Waals surface area contributed by atoms with Gasteiger partial charge in [0.15, 0.2) is 0 Å². The predicted molar refractivity (Wildman–Crippen MR) is 108 cm³/mol. The number of rotatable bonds is 21. The molecule has 3 heteroatoms. The van der Waals surface area contributed by atoms with Crippen molar-refractivity contribution in [3.63, 3.8) is 0 Å². The third kappa shape index (κ3) is 20.0. The second kappa shape index (κ2) is 21.9. The first-order valence-electron chi connectivity index (χ1n) is 11.1. The Labute approximate surface area is 157 Å². The lowest BCUT2D eigenvalue weighted by molar-refractivity contribution is -0.0321. The molecule has 0 aliphatic carbocycles. The lowest BCUT2D eigenvalue weighted by Gasteiger charge is -2.14. The molecule has 1 N–H and O–H groups in total. The van der Waals surface area contributed by atoms with Gasteiger partial charge in [0.05, 0.1) is 13.2 Å². The van der Waals surface area contributed by atoms with Crippen molar-refractivity contribution in [1.29, 1.82) is 0 Å². The van der Waals surface area contributed by atoms with Crippen LogP contribution < -0.4 is 0 Å². The minimum atomic E-state index is -0.152. The van der Waals surface area contributed by atoms with Gasteiger partial charge in [-0.1, -0.05) is 103 Å². The zero-order valence-electron chi connectivity index (χ0n) is 17.3. The molecule has 0 fully saturated rings. The zero-order valence-corrected chi connectivity index (χ0v) is 17.3. The third-order valence-electron chi connectivity index (χ3n) is 4.91. The zero-order chi connectivity index (χ0) is 18.4. The first-order valence-corrected chi connectivity index (χ1v) is 11.1. The molecule has 0 rings (SSSR count). The fourth-order valence-electron chi connectivity index (χ4n) is 3.24. The molecule has 0 bridgehead atoms. The van der Waals surface area contributed by atoms with Gasteiger partial charge in [-0.25, -0.2) is 0 Å². The summed E-state index contributed by atoms with van der Waals surface area (Å²) in [6.07, 6.45) is 22.0. The fourth-order valence-corrected chi connectivity index (χ4v) is 3.24. The van der Waals surface area contributed by atoms with Crippen molar-refractivity contribution in [3.8, 4) is 0 Å². The van der Waals surface area contributed by atoms with Crippen molar-refractivity contribution in [1.82, 2.24) is 0 Å². The van der Waals surface area contributed by atoms with E-state index in [0.29, 0.717) is 6.61 Å². The van der Waals surface area contributed by atoms with Gasteiger partial charge in [0.25, 0.3) is 0 Å². The number of aliphatic hydroxyl groups excluding tert-OH is 1. The topological polar surface area (TPSA) is 38.7 Å². The maximum Gasteiger partial charge on any atom is 0.104 e. The van der Waals surface area contributed by atoms with Crippen LogP contribution in [-0.4, -0.2) is 38.1 Å². The molecule has 0 heterocycles. The van der Waals surface area contributed by atoms with E-state index in [1.165, 1.54) is 96.3 Å². The molecule has 0 aliphatic rings. The summed E-state index contributed by atoms with van der Waals surface area (Å²) >= 11 is 0. The summed E-state index contributed by atoms with van der Waals surface area (Å²) in [4.78, 5) is 0. The van der Waals surface area contributed by atoms with E-state index >= 15 is 0 Å². The van der Waals surface area contributed by atoms with Gasteiger partial charge in [0.2, 0.25) is 0 Å². The quantitative estimate of drug-likeness (QED) is 0.246. The molecular weight excluding hydrogens is 312 g/mol. The number of hydrogen-bond acceptors (Lipinski definition) is 3.